The lowest BCUT2D eigenvalue weighted by molar-refractivity contribution is 0.322. The van der Waals surface area contributed by atoms with Crippen LogP contribution in [0.5, 0.6) is 0 Å². The van der Waals surface area contributed by atoms with Crippen molar-refractivity contribution in [2.75, 3.05) is 25.4 Å². The van der Waals surface area contributed by atoms with E-state index in [1.165, 1.54) is 4.90 Å². The average Bonchev–Trinajstić information content (AvgIpc) is 2.80. The minimum Gasteiger partial charge on any atom is -0.396 e. The SMILES string of the molecule is OCCSc1ccccc1C1=NCCN1. The molecule has 3 nitrogen and oxygen atoms in total. The number of hydrogen-bond donors (Lipinski definition) is 2. The third-order valence-corrected chi connectivity index (χ3v) is 3.22. The van der Waals surface area contributed by atoms with Gasteiger partial charge in [0.15, 0.2) is 0 Å². The van der Waals surface area contributed by atoms with Crippen molar-refractivity contribution >= 4 is 17.6 Å². The zero-order valence-corrected chi connectivity index (χ0v) is 9.26. The molecule has 1 heterocycles. The molecule has 1 aliphatic rings. The fourth-order valence-corrected chi connectivity index (χ4v) is 2.33. The number of aliphatic imine (C=N–C) groups is 1. The quantitative estimate of drug-likeness (QED) is 0.750. The number of rotatable bonds is 4. The molecule has 1 aliphatic heterocycles. The predicted octanol–water partition coefficient (Wildman–Crippen LogP) is 1.12. The molecule has 15 heavy (non-hydrogen) atoms. The normalized spacial score (nSPS) is 14.9. The maximum Gasteiger partial charge on any atom is 0.129 e. The summed E-state index contributed by atoms with van der Waals surface area (Å²) in [6.07, 6.45) is 0. The minimum absolute atomic E-state index is 0.207. The standard InChI is InChI=1S/C11H14N2OS/c14-7-8-15-10-4-2-1-3-9(10)11-12-5-6-13-11/h1-4,14H,5-8H2,(H,12,13). The molecular formula is C11H14N2OS. The summed E-state index contributed by atoms with van der Waals surface area (Å²) in [5.74, 6) is 1.71. The van der Waals surface area contributed by atoms with Crippen molar-refractivity contribution < 1.29 is 5.11 Å². The Bertz CT molecular complexity index is 365. The molecule has 0 radical (unpaired) electrons. The molecule has 2 rings (SSSR count). The van der Waals surface area contributed by atoms with Gasteiger partial charge in [-0.15, -0.1) is 11.8 Å². The van der Waals surface area contributed by atoms with Crippen LogP contribution >= 0.6 is 11.8 Å². The topological polar surface area (TPSA) is 44.6 Å². The molecule has 0 fully saturated rings. The molecule has 4 heteroatoms. The first-order chi connectivity index (χ1) is 7.42. The highest BCUT2D eigenvalue weighted by atomic mass is 32.2. The van der Waals surface area contributed by atoms with Crippen LogP contribution in [-0.4, -0.2) is 36.4 Å². The van der Waals surface area contributed by atoms with E-state index >= 15 is 0 Å². The van der Waals surface area contributed by atoms with Gasteiger partial charge in [0.1, 0.15) is 5.84 Å². The third-order valence-electron chi connectivity index (χ3n) is 2.17. The fourth-order valence-electron chi connectivity index (χ4n) is 1.52. The second-order valence-electron chi connectivity index (χ2n) is 3.23. The van der Waals surface area contributed by atoms with Crippen LogP contribution in [0.3, 0.4) is 0 Å². The fraction of sp³-hybridized carbons (Fsp3) is 0.364. The summed E-state index contributed by atoms with van der Waals surface area (Å²) < 4.78 is 0. The van der Waals surface area contributed by atoms with Gasteiger partial charge in [0.05, 0.1) is 13.2 Å². The molecule has 0 amide bonds. The van der Waals surface area contributed by atoms with Gasteiger partial charge in [-0.2, -0.15) is 0 Å². The van der Waals surface area contributed by atoms with Crippen LogP contribution in [0.25, 0.3) is 0 Å². The van der Waals surface area contributed by atoms with Gasteiger partial charge in [-0.3, -0.25) is 4.99 Å². The van der Waals surface area contributed by atoms with E-state index in [9.17, 15) is 0 Å². The number of nitrogens with zero attached hydrogens (tertiary/aromatic N) is 1. The van der Waals surface area contributed by atoms with Crippen LogP contribution in [0.15, 0.2) is 34.2 Å². The molecular weight excluding hydrogens is 208 g/mol. The van der Waals surface area contributed by atoms with Gasteiger partial charge in [-0.1, -0.05) is 18.2 Å². The van der Waals surface area contributed by atoms with Crippen LogP contribution < -0.4 is 5.32 Å². The van der Waals surface area contributed by atoms with E-state index in [-0.39, 0.29) is 6.61 Å². The molecule has 1 aromatic rings. The zero-order chi connectivity index (χ0) is 10.5. The Hall–Kier alpha value is -1.00. The Labute approximate surface area is 93.6 Å². The molecule has 0 spiro atoms. The monoisotopic (exact) mass is 222 g/mol. The Morgan fingerprint density at radius 3 is 3.00 bits per heavy atom. The zero-order valence-electron chi connectivity index (χ0n) is 8.44. The molecule has 0 unspecified atom stereocenters. The van der Waals surface area contributed by atoms with Gasteiger partial charge in [-0.05, 0) is 6.07 Å². The number of amidine groups is 1. The van der Waals surface area contributed by atoms with Crippen LogP contribution in [0.4, 0.5) is 0 Å². The first-order valence-electron chi connectivity index (χ1n) is 5.03. The van der Waals surface area contributed by atoms with Gasteiger partial charge >= 0.3 is 0 Å². The van der Waals surface area contributed by atoms with E-state index < -0.39 is 0 Å². The third kappa shape index (κ3) is 2.52. The Balaban J connectivity index is 2.21. The van der Waals surface area contributed by atoms with Gasteiger partial charge in [0.2, 0.25) is 0 Å². The van der Waals surface area contributed by atoms with Gasteiger partial charge in [-0.25, -0.2) is 0 Å². The summed E-state index contributed by atoms with van der Waals surface area (Å²) in [6.45, 7) is 1.99. The summed E-state index contributed by atoms with van der Waals surface area (Å²) >= 11 is 1.66. The molecule has 0 saturated heterocycles. The van der Waals surface area contributed by atoms with Crippen molar-refractivity contribution in [2.24, 2.45) is 4.99 Å². The van der Waals surface area contributed by atoms with E-state index in [2.05, 4.69) is 22.4 Å². The minimum atomic E-state index is 0.207. The molecule has 0 aromatic heterocycles. The molecule has 0 bridgehead atoms. The molecule has 0 aliphatic carbocycles. The van der Waals surface area contributed by atoms with Gasteiger partial charge < -0.3 is 10.4 Å². The van der Waals surface area contributed by atoms with Crippen LogP contribution in [0.1, 0.15) is 5.56 Å². The van der Waals surface area contributed by atoms with Crippen LogP contribution in [-0.2, 0) is 0 Å². The predicted molar refractivity (Wildman–Crippen MR) is 63.7 cm³/mol. The first kappa shape index (κ1) is 10.5. The van der Waals surface area contributed by atoms with Gasteiger partial charge in [0.25, 0.3) is 0 Å². The lowest BCUT2D eigenvalue weighted by Gasteiger charge is -2.08. The largest absolute Gasteiger partial charge is 0.396 e. The summed E-state index contributed by atoms with van der Waals surface area (Å²) in [5, 5.41) is 12.1. The maximum absolute atomic E-state index is 8.82. The molecule has 0 atom stereocenters. The molecule has 1 aromatic carbocycles. The Morgan fingerprint density at radius 1 is 1.40 bits per heavy atom. The highest BCUT2D eigenvalue weighted by Crippen LogP contribution is 2.22. The van der Waals surface area contributed by atoms with Crippen molar-refractivity contribution in [2.45, 2.75) is 4.90 Å². The van der Waals surface area contributed by atoms with E-state index in [1.807, 2.05) is 12.1 Å². The lowest BCUT2D eigenvalue weighted by Crippen LogP contribution is -2.20. The number of aliphatic hydroxyl groups excluding tert-OH is 1. The summed E-state index contributed by atoms with van der Waals surface area (Å²) in [6, 6.07) is 8.16. The summed E-state index contributed by atoms with van der Waals surface area (Å²) in [7, 11) is 0. The van der Waals surface area contributed by atoms with Crippen LogP contribution in [0.2, 0.25) is 0 Å². The molecule has 80 valence electrons. The van der Waals surface area contributed by atoms with Crippen LogP contribution in [0, 0.1) is 0 Å². The van der Waals surface area contributed by atoms with Gasteiger partial charge in [0, 0.05) is 22.8 Å². The molecule has 0 saturated carbocycles. The number of benzene rings is 1. The summed E-state index contributed by atoms with van der Waals surface area (Å²) in [4.78, 5) is 5.58. The van der Waals surface area contributed by atoms with E-state index in [1.54, 1.807) is 11.8 Å². The second-order valence-corrected chi connectivity index (χ2v) is 4.36. The Kier molecular flexibility index (Phi) is 3.64. The molecule has 2 N–H and O–H groups in total. The number of hydrogen-bond acceptors (Lipinski definition) is 4. The lowest BCUT2D eigenvalue weighted by atomic mass is 10.2. The van der Waals surface area contributed by atoms with E-state index in [4.69, 9.17) is 5.11 Å². The number of nitrogens with one attached hydrogen (secondary N) is 1. The summed E-state index contributed by atoms with van der Waals surface area (Å²) in [5.41, 5.74) is 1.15. The number of thioether (sulfide) groups is 1. The van der Waals surface area contributed by atoms with Crippen molar-refractivity contribution in [3.05, 3.63) is 29.8 Å². The van der Waals surface area contributed by atoms with Crippen molar-refractivity contribution in [3.8, 4) is 0 Å². The first-order valence-corrected chi connectivity index (χ1v) is 6.02. The van der Waals surface area contributed by atoms with Crippen molar-refractivity contribution in [1.29, 1.82) is 0 Å². The second kappa shape index (κ2) is 5.19. The smallest absolute Gasteiger partial charge is 0.129 e. The van der Waals surface area contributed by atoms with Crippen molar-refractivity contribution in [3.63, 3.8) is 0 Å². The van der Waals surface area contributed by atoms with Crippen molar-refractivity contribution in [1.82, 2.24) is 5.32 Å². The highest BCUT2D eigenvalue weighted by Gasteiger charge is 2.11. The maximum atomic E-state index is 8.82. The van der Waals surface area contributed by atoms with E-state index in [0.29, 0.717) is 0 Å². The number of aliphatic hydroxyl groups is 1. The Morgan fingerprint density at radius 2 is 2.27 bits per heavy atom. The highest BCUT2D eigenvalue weighted by molar-refractivity contribution is 7.99. The average molecular weight is 222 g/mol. The van der Waals surface area contributed by atoms with E-state index in [0.717, 1.165) is 30.2 Å².